The van der Waals surface area contributed by atoms with Crippen LogP contribution in [-0.4, -0.2) is 0 Å². The molecule has 48 valence electrons. The fourth-order valence-corrected chi connectivity index (χ4v) is 0. The molecular formula is U12. The van der Waals surface area contributed by atoms with Crippen molar-refractivity contribution in [3.05, 3.63) is 0 Å². The zero-order valence-electron chi connectivity index (χ0n) is 6.00. The average Bonchev–Trinajstić information content (AvgIpc) is 0. The minimum atomic E-state index is 0. The van der Waals surface area contributed by atoms with Crippen LogP contribution in [0, 0.1) is 373 Å². The molecule has 0 nitrogen and oxygen atoms in total. The molecule has 0 unspecified atom stereocenters. The van der Waals surface area contributed by atoms with Crippen LogP contribution in [0.4, 0.5) is 0 Å². The zero-order valence-corrected chi connectivity index (χ0v) is 56.0. The van der Waals surface area contributed by atoms with E-state index >= 15 is 0 Å². The van der Waals surface area contributed by atoms with Crippen molar-refractivity contribution in [1.29, 1.82) is 0 Å². The Labute approximate surface area is 360 Å². The summed E-state index contributed by atoms with van der Waals surface area (Å²) < 4.78 is 0. The summed E-state index contributed by atoms with van der Waals surface area (Å²) in [4.78, 5) is 0. The third-order valence-corrected chi connectivity index (χ3v) is 0. The van der Waals surface area contributed by atoms with Crippen LogP contribution in [-0.2, 0) is 0 Å². The van der Waals surface area contributed by atoms with E-state index in [9.17, 15) is 0 Å². The molecule has 0 aromatic carbocycles. The van der Waals surface area contributed by atoms with Crippen molar-refractivity contribution in [2.75, 3.05) is 0 Å². The summed E-state index contributed by atoms with van der Waals surface area (Å²) >= 11 is 0. The Hall–Kier alpha value is 12.6. The predicted octanol–water partition coefficient (Wildman–Crippen LogP) is 0. The topological polar surface area (TPSA) is 0 Å². The monoisotopic (exact) mass is 2860 g/mol. The molecule has 0 heterocycles. The maximum Gasteiger partial charge on any atom is 0 e. The molecule has 0 atom stereocenters. The van der Waals surface area contributed by atoms with E-state index in [1.807, 2.05) is 0 Å². The second-order valence-corrected chi connectivity index (χ2v) is 0. The molecule has 0 spiro atoms. The van der Waals surface area contributed by atoms with Crippen LogP contribution in [0.1, 0.15) is 0 Å². The average molecular weight is 2860 g/mol. The summed E-state index contributed by atoms with van der Waals surface area (Å²) in [5.74, 6) is 0. The summed E-state index contributed by atoms with van der Waals surface area (Å²) in [5.41, 5.74) is 0. The van der Waals surface area contributed by atoms with Gasteiger partial charge in [0.2, 0.25) is 0 Å². The third-order valence-electron chi connectivity index (χ3n) is 0. The number of rotatable bonds is 0. The normalized spacial score (nSPS) is 0. The molecule has 0 amide bonds. The maximum absolute atomic E-state index is 0. The predicted molar refractivity (Wildman–Crippen MR) is 0 cm³/mol. The Kier molecular flexibility index (Phi) is 545. The van der Waals surface area contributed by atoms with Crippen molar-refractivity contribution in [2.45, 2.75) is 0 Å². The van der Waals surface area contributed by atoms with Gasteiger partial charge in [0.05, 0.1) is 0 Å². The van der Waals surface area contributed by atoms with Gasteiger partial charge < -0.3 is 0 Å². The molecule has 0 saturated heterocycles. The fraction of sp³-hybridized carbons (Fsp3) is 0. The largest absolute Gasteiger partial charge is 0 e. The first kappa shape index (κ1) is 86.2. The van der Waals surface area contributed by atoms with Gasteiger partial charge in [-0.3, -0.25) is 0 Å². The van der Waals surface area contributed by atoms with Gasteiger partial charge in [0.15, 0.2) is 0 Å². The smallest absolute Gasteiger partial charge is 0 e. The van der Waals surface area contributed by atoms with E-state index in [-0.39, 0.29) is 373 Å². The van der Waals surface area contributed by atoms with Crippen LogP contribution in [0.3, 0.4) is 0 Å². The third kappa shape index (κ3) is 66.4. The van der Waals surface area contributed by atoms with Crippen molar-refractivity contribution < 1.29 is 373 Å². The second kappa shape index (κ2) is 75.9. The summed E-state index contributed by atoms with van der Waals surface area (Å²) in [6.07, 6.45) is 0. The molecule has 0 radical (unpaired) electrons. The Bertz CT molecular complexity index is 0. The van der Waals surface area contributed by atoms with Crippen LogP contribution < -0.4 is 0 Å². The van der Waals surface area contributed by atoms with Crippen molar-refractivity contribution in [3.63, 3.8) is 0 Å². The minimum Gasteiger partial charge on any atom is 0 e. The summed E-state index contributed by atoms with van der Waals surface area (Å²) in [6, 6.07) is 0. The van der Waals surface area contributed by atoms with Crippen LogP contribution >= 0.6 is 0 Å². The summed E-state index contributed by atoms with van der Waals surface area (Å²) in [6.45, 7) is 0. The van der Waals surface area contributed by atoms with Gasteiger partial charge in [0.1, 0.15) is 0 Å². The quantitative estimate of drug-likeness (QED) is 0.321. The molecule has 0 saturated carbocycles. The van der Waals surface area contributed by atoms with Crippen molar-refractivity contribution in [3.8, 4) is 0 Å². The van der Waals surface area contributed by atoms with E-state index in [1.165, 1.54) is 0 Å². The van der Waals surface area contributed by atoms with E-state index in [0.29, 0.717) is 0 Å². The van der Waals surface area contributed by atoms with Gasteiger partial charge in [0, 0.05) is 373 Å². The molecular weight excluding hydrogens is 2860 g/mol. The first-order valence-electron chi connectivity index (χ1n) is 0. The van der Waals surface area contributed by atoms with Gasteiger partial charge in [-0.05, 0) is 0 Å². The van der Waals surface area contributed by atoms with Gasteiger partial charge >= 0.3 is 0 Å². The molecule has 12 heteroatoms. The van der Waals surface area contributed by atoms with Gasteiger partial charge in [-0.15, -0.1) is 0 Å². The van der Waals surface area contributed by atoms with Gasteiger partial charge in [-0.2, -0.15) is 0 Å². The van der Waals surface area contributed by atoms with E-state index in [2.05, 4.69) is 0 Å². The molecule has 0 aliphatic heterocycles. The van der Waals surface area contributed by atoms with Crippen molar-refractivity contribution in [1.82, 2.24) is 0 Å². The Morgan fingerprint density at radius 1 is 0.0833 bits per heavy atom. The fourth-order valence-electron chi connectivity index (χ4n) is 0. The van der Waals surface area contributed by atoms with Gasteiger partial charge in [-0.25, -0.2) is 0 Å². The first-order chi connectivity index (χ1) is 0. The van der Waals surface area contributed by atoms with E-state index in [4.69, 9.17) is 0 Å². The molecule has 0 bridgehead atoms. The van der Waals surface area contributed by atoms with E-state index < -0.39 is 0 Å². The first-order valence-corrected chi connectivity index (χ1v) is 0. The zero-order chi connectivity index (χ0) is 0. The Balaban J connectivity index is 0. The maximum atomic E-state index is 0. The summed E-state index contributed by atoms with van der Waals surface area (Å²) in [7, 11) is 0. The molecule has 0 rings (SSSR count). The van der Waals surface area contributed by atoms with Crippen LogP contribution in [0.5, 0.6) is 0 Å². The molecule has 12 heavy (non-hydrogen) atoms. The van der Waals surface area contributed by atoms with E-state index in [0.717, 1.165) is 0 Å². The number of hydrogen-bond acceptors (Lipinski definition) is 0. The van der Waals surface area contributed by atoms with Crippen LogP contribution in [0.25, 0.3) is 0 Å². The van der Waals surface area contributed by atoms with Crippen LogP contribution in [0.15, 0.2) is 0 Å². The molecule has 0 aliphatic carbocycles. The van der Waals surface area contributed by atoms with Gasteiger partial charge in [0.25, 0.3) is 0 Å². The molecule has 0 aromatic heterocycles. The SMILES string of the molecule is [U].[U].[U].[U].[U].[U].[U].[U].[U].[U].[U].[U]. The molecule has 0 aliphatic rings. The van der Waals surface area contributed by atoms with Gasteiger partial charge in [-0.1, -0.05) is 0 Å². The minimum absolute atomic E-state index is 0. The summed E-state index contributed by atoms with van der Waals surface area (Å²) in [5, 5.41) is 0. The van der Waals surface area contributed by atoms with E-state index in [1.54, 1.807) is 0 Å². The molecule has 0 N–H and O–H groups in total. The molecule has 0 aromatic rings. The number of hydrogen-bond donors (Lipinski definition) is 0. The second-order valence-electron chi connectivity index (χ2n) is 0. The van der Waals surface area contributed by atoms with Crippen molar-refractivity contribution >= 4 is 0 Å². The Morgan fingerprint density at radius 2 is 0.0833 bits per heavy atom. The Morgan fingerprint density at radius 3 is 0.0833 bits per heavy atom. The van der Waals surface area contributed by atoms with Crippen LogP contribution in [0.2, 0.25) is 0 Å². The van der Waals surface area contributed by atoms with Crippen molar-refractivity contribution in [2.24, 2.45) is 0 Å². The molecule has 0 fully saturated rings. The standard InChI is InChI=1S/12U.